The van der Waals surface area contributed by atoms with Gasteiger partial charge in [-0.1, -0.05) is 5.92 Å². The predicted octanol–water partition coefficient (Wildman–Crippen LogP) is 1.19. The number of ether oxygens (including phenoxy) is 2. The monoisotopic (exact) mass is 205 g/mol. The van der Waals surface area contributed by atoms with Crippen molar-refractivity contribution in [3.8, 4) is 23.8 Å². The van der Waals surface area contributed by atoms with Crippen LogP contribution in [0, 0.1) is 12.3 Å². The van der Waals surface area contributed by atoms with E-state index in [2.05, 4.69) is 5.92 Å². The van der Waals surface area contributed by atoms with E-state index in [9.17, 15) is 0 Å². The van der Waals surface area contributed by atoms with Crippen LogP contribution < -0.4 is 15.2 Å². The summed E-state index contributed by atoms with van der Waals surface area (Å²) in [6.07, 6.45) is 6.17. The SMILES string of the molecule is C#Cc1c(OC)cc(CCN)cc1OC. The molecule has 0 aliphatic carbocycles. The quantitative estimate of drug-likeness (QED) is 0.751. The minimum Gasteiger partial charge on any atom is -0.495 e. The van der Waals surface area contributed by atoms with Crippen molar-refractivity contribution in [2.45, 2.75) is 6.42 Å². The fraction of sp³-hybridized carbons (Fsp3) is 0.333. The largest absolute Gasteiger partial charge is 0.495 e. The molecule has 3 heteroatoms. The van der Waals surface area contributed by atoms with Crippen molar-refractivity contribution in [2.75, 3.05) is 20.8 Å². The van der Waals surface area contributed by atoms with Crippen molar-refractivity contribution in [3.05, 3.63) is 23.3 Å². The Morgan fingerprint density at radius 2 is 1.80 bits per heavy atom. The van der Waals surface area contributed by atoms with Crippen LogP contribution in [0.15, 0.2) is 12.1 Å². The zero-order valence-electron chi connectivity index (χ0n) is 9.04. The van der Waals surface area contributed by atoms with Crippen molar-refractivity contribution >= 4 is 0 Å². The summed E-state index contributed by atoms with van der Waals surface area (Å²) >= 11 is 0. The Labute approximate surface area is 90.2 Å². The molecule has 2 N–H and O–H groups in total. The van der Waals surface area contributed by atoms with Crippen LogP contribution >= 0.6 is 0 Å². The molecule has 3 nitrogen and oxygen atoms in total. The lowest BCUT2D eigenvalue weighted by Crippen LogP contribution is -2.04. The van der Waals surface area contributed by atoms with Gasteiger partial charge in [-0.3, -0.25) is 0 Å². The summed E-state index contributed by atoms with van der Waals surface area (Å²) in [7, 11) is 3.17. The van der Waals surface area contributed by atoms with E-state index < -0.39 is 0 Å². The lowest BCUT2D eigenvalue weighted by Gasteiger charge is -2.11. The van der Waals surface area contributed by atoms with Gasteiger partial charge in [-0.25, -0.2) is 0 Å². The van der Waals surface area contributed by atoms with E-state index in [0.29, 0.717) is 23.6 Å². The van der Waals surface area contributed by atoms with Gasteiger partial charge >= 0.3 is 0 Å². The highest BCUT2D eigenvalue weighted by atomic mass is 16.5. The molecule has 0 saturated heterocycles. The van der Waals surface area contributed by atoms with Crippen LogP contribution in [0.2, 0.25) is 0 Å². The van der Waals surface area contributed by atoms with Crippen molar-refractivity contribution in [2.24, 2.45) is 5.73 Å². The molecule has 0 amide bonds. The van der Waals surface area contributed by atoms with Gasteiger partial charge in [-0.2, -0.15) is 0 Å². The van der Waals surface area contributed by atoms with Crippen LogP contribution in [0.25, 0.3) is 0 Å². The van der Waals surface area contributed by atoms with Crippen molar-refractivity contribution in [1.29, 1.82) is 0 Å². The number of hydrogen-bond acceptors (Lipinski definition) is 3. The summed E-state index contributed by atoms with van der Waals surface area (Å²) in [5, 5.41) is 0. The van der Waals surface area contributed by atoms with Crippen LogP contribution in [0.5, 0.6) is 11.5 Å². The van der Waals surface area contributed by atoms with Crippen LogP contribution in [0.4, 0.5) is 0 Å². The van der Waals surface area contributed by atoms with Gasteiger partial charge in [0.15, 0.2) is 0 Å². The Morgan fingerprint density at radius 3 is 2.13 bits per heavy atom. The highest BCUT2D eigenvalue weighted by Gasteiger charge is 2.09. The van der Waals surface area contributed by atoms with Crippen LogP contribution in [-0.4, -0.2) is 20.8 Å². The van der Waals surface area contributed by atoms with Gasteiger partial charge in [0, 0.05) is 0 Å². The zero-order chi connectivity index (χ0) is 11.3. The van der Waals surface area contributed by atoms with E-state index in [1.54, 1.807) is 14.2 Å². The molecule has 15 heavy (non-hydrogen) atoms. The third-order valence-corrected chi connectivity index (χ3v) is 2.14. The van der Waals surface area contributed by atoms with E-state index in [-0.39, 0.29) is 0 Å². The van der Waals surface area contributed by atoms with E-state index >= 15 is 0 Å². The van der Waals surface area contributed by atoms with E-state index in [1.165, 1.54) is 0 Å². The minimum atomic E-state index is 0.585. The molecule has 1 rings (SSSR count). The smallest absolute Gasteiger partial charge is 0.138 e. The van der Waals surface area contributed by atoms with Gasteiger partial charge in [0.05, 0.1) is 14.2 Å². The molecule has 0 spiro atoms. The molecule has 1 aromatic carbocycles. The first kappa shape index (κ1) is 11.4. The maximum Gasteiger partial charge on any atom is 0.138 e. The standard InChI is InChI=1S/C12H15NO2/c1-4-10-11(14-2)7-9(5-6-13)8-12(10)15-3/h1,7-8H,5-6,13H2,2-3H3. The first-order chi connectivity index (χ1) is 7.26. The summed E-state index contributed by atoms with van der Waals surface area (Å²) in [6, 6.07) is 3.79. The van der Waals surface area contributed by atoms with Gasteiger partial charge in [0.1, 0.15) is 17.1 Å². The van der Waals surface area contributed by atoms with Gasteiger partial charge in [0.25, 0.3) is 0 Å². The Morgan fingerprint density at radius 1 is 1.27 bits per heavy atom. The number of terminal acetylenes is 1. The lowest BCUT2D eigenvalue weighted by molar-refractivity contribution is 0.391. The van der Waals surface area contributed by atoms with Crippen molar-refractivity contribution < 1.29 is 9.47 Å². The molecule has 0 unspecified atom stereocenters. The highest BCUT2D eigenvalue weighted by Crippen LogP contribution is 2.29. The van der Waals surface area contributed by atoms with E-state index in [0.717, 1.165) is 12.0 Å². The Balaban J connectivity index is 3.24. The topological polar surface area (TPSA) is 44.5 Å². The number of benzene rings is 1. The second-order valence-corrected chi connectivity index (χ2v) is 3.06. The molecule has 0 heterocycles. The van der Waals surface area contributed by atoms with Crippen molar-refractivity contribution in [3.63, 3.8) is 0 Å². The molecule has 0 aliphatic heterocycles. The fourth-order valence-electron chi connectivity index (χ4n) is 1.42. The average molecular weight is 205 g/mol. The number of nitrogens with two attached hydrogens (primary N) is 1. The van der Waals surface area contributed by atoms with Crippen LogP contribution in [0.1, 0.15) is 11.1 Å². The van der Waals surface area contributed by atoms with Gasteiger partial charge < -0.3 is 15.2 Å². The third kappa shape index (κ3) is 2.42. The molecule has 0 fully saturated rings. The number of hydrogen-bond donors (Lipinski definition) is 1. The maximum absolute atomic E-state index is 5.49. The molecular weight excluding hydrogens is 190 g/mol. The summed E-state index contributed by atoms with van der Waals surface area (Å²) < 4.78 is 10.4. The highest BCUT2D eigenvalue weighted by molar-refractivity contribution is 5.56. The molecule has 0 aliphatic rings. The molecule has 1 aromatic rings. The summed E-state index contributed by atoms with van der Waals surface area (Å²) in [6.45, 7) is 0.585. The summed E-state index contributed by atoms with van der Waals surface area (Å²) in [5.74, 6) is 3.86. The second-order valence-electron chi connectivity index (χ2n) is 3.06. The summed E-state index contributed by atoms with van der Waals surface area (Å²) in [5.41, 5.74) is 7.19. The Hall–Kier alpha value is -1.66. The second kappa shape index (κ2) is 5.28. The van der Waals surface area contributed by atoms with Gasteiger partial charge in [-0.15, -0.1) is 6.42 Å². The first-order valence-electron chi connectivity index (χ1n) is 4.68. The Kier molecular flexibility index (Phi) is 4.02. The Bertz CT molecular complexity index is 355. The molecule has 80 valence electrons. The average Bonchev–Trinajstić information content (AvgIpc) is 2.28. The minimum absolute atomic E-state index is 0.585. The summed E-state index contributed by atoms with van der Waals surface area (Å²) in [4.78, 5) is 0. The molecular formula is C12H15NO2. The van der Waals surface area contributed by atoms with Gasteiger partial charge in [-0.05, 0) is 30.7 Å². The number of methoxy groups -OCH3 is 2. The normalized spacial score (nSPS) is 9.47. The fourth-order valence-corrected chi connectivity index (χ4v) is 1.42. The molecule has 0 atom stereocenters. The molecule has 0 radical (unpaired) electrons. The molecule has 0 saturated carbocycles. The molecule has 0 bridgehead atoms. The molecule has 0 aromatic heterocycles. The third-order valence-electron chi connectivity index (χ3n) is 2.14. The van der Waals surface area contributed by atoms with Crippen LogP contribution in [0.3, 0.4) is 0 Å². The zero-order valence-corrected chi connectivity index (χ0v) is 9.04. The lowest BCUT2D eigenvalue weighted by atomic mass is 10.1. The predicted molar refractivity (Wildman–Crippen MR) is 60.2 cm³/mol. The number of rotatable bonds is 4. The van der Waals surface area contributed by atoms with E-state index in [4.69, 9.17) is 21.6 Å². The van der Waals surface area contributed by atoms with Crippen LogP contribution in [-0.2, 0) is 6.42 Å². The van der Waals surface area contributed by atoms with Gasteiger partial charge in [0.2, 0.25) is 0 Å². The first-order valence-corrected chi connectivity index (χ1v) is 4.68. The van der Waals surface area contributed by atoms with E-state index in [1.807, 2.05) is 12.1 Å². The maximum atomic E-state index is 5.49. The van der Waals surface area contributed by atoms with Crippen molar-refractivity contribution in [1.82, 2.24) is 0 Å².